The van der Waals surface area contributed by atoms with Crippen LogP contribution < -0.4 is 4.90 Å². The summed E-state index contributed by atoms with van der Waals surface area (Å²) in [6.45, 7) is 3.98. The van der Waals surface area contributed by atoms with Crippen LogP contribution in [0.1, 0.15) is 53.1 Å². The minimum atomic E-state index is 0.559. The zero-order chi connectivity index (χ0) is 24.6. The van der Waals surface area contributed by atoms with Crippen molar-refractivity contribution in [1.29, 1.82) is 5.26 Å². The van der Waals surface area contributed by atoms with Gasteiger partial charge in [0.05, 0.1) is 22.8 Å². The molecule has 0 bridgehead atoms. The largest absolute Gasteiger partial charge is 0.367 e. The lowest BCUT2D eigenvalue weighted by Crippen LogP contribution is -2.51. The number of pyridine rings is 1. The van der Waals surface area contributed by atoms with E-state index in [1.807, 2.05) is 36.5 Å². The normalized spacial score (nSPS) is 21.1. The van der Waals surface area contributed by atoms with Crippen molar-refractivity contribution in [2.45, 2.75) is 37.6 Å². The van der Waals surface area contributed by atoms with Crippen molar-refractivity contribution in [3.8, 4) is 6.07 Å². The van der Waals surface area contributed by atoms with Gasteiger partial charge < -0.3 is 9.47 Å². The van der Waals surface area contributed by atoms with Crippen LogP contribution >= 0.6 is 0 Å². The fourth-order valence-electron chi connectivity index (χ4n) is 6.40. The van der Waals surface area contributed by atoms with E-state index in [1.165, 1.54) is 42.1 Å². The van der Waals surface area contributed by atoms with E-state index in [2.05, 4.69) is 50.8 Å². The van der Waals surface area contributed by atoms with Gasteiger partial charge in [0, 0.05) is 73.5 Å². The Bertz CT molecular complexity index is 1470. The molecule has 1 aliphatic heterocycles. The van der Waals surface area contributed by atoms with Crippen molar-refractivity contribution >= 4 is 33.8 Å². The molecule has 182 valence electrons. The van der Waals surface area contributed by atoms with E-state index in [0.29, 0.717) is 17.5 Å². The summed E-state index contributed by atoms with van der Waals surface area (Å²) < 4.78 is 2.20. The number of nitriles is 1. The van der Waals surface area contributed by atoms with Gasteiger partial charge in [-0.1, -0.05) is 6.07 Å². The lowest BCUT2D eigenvalue weighted by atomic mass is 9.81. The van der Waals surface area contributed by atoms with E-state index in [1.54, 1.807) is 0 Å². The predicted octanol–water partition coefficient (Wildman–Crippen LogP) is 5.26. The first-order chi connectivity index (χ1) is 17.6. The van der Waals surface area contributed by atoms with Gasteiger partial charge in [-0.05, 0) is 73.6 Å². The minimum absolute atomic E-state index is 0.559. The SMILES string of the molecule is Cn1cc(C2CCC(N3CCN(c4cc(C=O)cc5cccnc45)CC3)CC2)c2cc(C#N)ccc21. The average molecular weight is 478 g/mol. The maximum Gasteiger partial charge on any atom is 0.150 e. The fourth-order valence-corrected chi connectivity index (χ4v) is 6.40. The molecule has 2 fully saturated rings. The molecular weight excluding hydrogens is 446 g/mol. The number of nitrogens with zero attached hydrogens (tertiary/aromatic N) is 5. The van der Waals surface area contributed by atoms with Gasteiger partial charge in [-0.25, -0.2) is 0 Å². The van der Waals surface area contributed by atoms with Crippen molar-refractivity contribution in [2.24, 2.45) is 7.05 Å². The van der Waals surface area contributed by atoms with E-state index in [4.69, 9.17) is 0 Å². The second-order valence-corrected chi connectivity index (χ2v) is 10.3. The summed E-state index contributed by atoms with van der Waals surface area (Å²) in [6.07, 6.45) is 9.85. The van der Waals surface area contributed by atoms with Gasteiger partial charge in [0.15, 0.2) is 0 Å². The second kappa shape index (κ2) is 9.40. The van der Waals surface area contributed by atoms with Crippen LogP contribution in [-0.4, -0.2) is 53.0 Å². The number of benzene rings is 2. The molecule has 0 radical (unpaired) electrons. The number of piperazine rings is 1. The van der Waals surface area contributed by atoms with Gasteiger partial charge in [0.1, 0.15) is 6.29 Å². The van der Waals surface area contributed by atoms with Crippen LogP contribution in [0.5, 0.6) is 0 Å². The molecule has 2 aliphatic rings. The van der Waals surface area contributed by atoms with Crippen molar-refractivity contribution in [1.82, 2.24) is 14.5 Å². The molecular formula is C30H31N5O. The van der Waals surface area contributed by atoms with E-state index in [-0.39, 0.29) is 0 Å². The molecule has 0 spiro atoms. The zero-order valence-electron chi connectivity index (χ0n) is 20.7. The molecule has 0 amide bonds. The maximum atomic E-state index is 11.5. The molecule has 6 rings (SSSR count). The fraction of sp³-hybridized carbons (Fsp3) is 0.367. The summed E-state index contributed by atoms with van der Waals surface area (Å²) in [5.41, 5.74) is 6.12. The number of hydrogen-bond donors (Lipinski definition) is 0. The Morgan fingerprint density at radius 2 is 1.83 bits per heavy atom. The Kier molecular flexibility index (Phi) is 5.94. The highest BCUT2D eigenvalue weighted by Gasteiger charge is 2.30. The quantitative estimate of drug-likeness (QED) is 0.375. The Balaban J connectivity index is 1.12. The molecule has 2 aromatic heterocycles. The number of aromatic nitrogens is 2. The predicted molar refractivity (Wildman–Crippen MR) is 144 cm³/mol. The van der Waals surface area contributed by atoms with Crippen LogP contribution in [-0.2, 0) is 7.05 Å². The summed E-state index contributed by atoms with van der Waals surface area (Å²) in [6, 6.07) is 16.9. The van der Waals surface area contributed by atoms with Crippen molar-refractivity contribution in [3.05, 3.63) is 71.5 Å². The van der Waals surface area contributed by atoms with Crippen LogP contribution in [0.4, 0.5) is 5.69 Å². The van der Waals surface area contributed by atoms with Gasteiger partial charge in [-0.2, -0.15) is 5.26 Å². The first kappa shape index (κ1) is 22.8. The van der Waals surface area contributed by atoms with Gasteiger partial charge in [-0.3, -0.25) is 14.7 Å². The number of anilines is 1. The first-order valence-electron chi connectivity index (χ1n) is 13.0. The van der Waals surface area contributed by atoms with Gasteiger partial charge in [0.25, 0.3) is 0 Å². The Labute approximate surface area is 211 Å². The molecule has 2 aromatic carbocycles. The summed E-state index contributed by atoms with van der Waals surface area (Å²) in [5.74, 6) is 0.559. The van der Waals surface area contributed by atoms with E-state index in [0.717, 1.165) is 54.6 Å². The van der Waals surface area contributed by atoms with E-state index >= 15 is 0 Å². The summed E-state index contributed by atoms with van der Waals surface area (Å²) in [4.78, 5) is 21.2. The molecule has 1 saturated heterocycles. The molecule has 1 saturated carbocycles. The number of hydrogen-bond acceptors (Lipinski definition) is 5. The lowest BCUT2D eigenvalue weighted by Gasteiger charge is -2.42. The Hall–Kier alpha value is -3.69. The average Bonchev–Trinajstić information content (AvgIpc) is 3.28. The van der Waals surface area contributed by atoms with Crippen molar-refractivity contribution < 1.29 is 4.79 Å². The standard InChI is InChI=1S/C30H31N5O/c1-33-19-27(26-16-21(18-31)4-9-28(26)33)23-5-7-25(8-6-23)34-11-13-35(14-12-34)29-17-22(20-36)15-24-3-2-10-32-30(24)29/h2-4,9-10,15-17,19-20,23,25H,5-8,11-14H2,1H3. The number of carbonyl (C=O) groups excluding carboxylic acids is 1. The zero-order valence-corrected chi connectivity index (χ0v) is 20.7. The van der Waals surface area contributed by atoms with Crippen LogP contribution in [0.2, 0.25) is 0 Å². The summed E-state index contributed by atoms with van der Waals surface area (Å²) in [5, 5.41) is 11.6. The molecule has 36 heavy (non-hydrogen) atoms. The molecule has 0 atom stereocenters. The summed E-state index contributed by atoms with van der Waals surface area (Å²) >= 11 is 0. The maximum absolute atomic E-state index is 11.5. The van der Waals surface area contributed by atoms with Crippen LogP contribution in [0, 0.1) is 11.3 Å². The molecule has 1 aliphatic carbocycles. The minimum Gasteiger partial charge on any atom is -0.367 e. The topological polar surface area (TPSA) is 65.2 Å². The Morgan fingerprint density at radius 3 is 2.58 bits per heavy atom. The highest BCUT2D eigenvalue weighted by molar-refractivity contribution is 5.96. The van der Waals surface area contributed by atoms with Gasteiger partial charge in [-0.15, -0.1) is 0 Å². The van der Waals surface area contributed by atoms with Crippen LogP contribution in [0.15, 0.2) is 54.9 Å². The van der Waals surface area contributed by atoms with Gasteiger partial charge >= 0.3 is 0 Å². The summed E-state index contributed by atoms with van der Waals surface area (Å²) in [7, 11) is 2.10. The molecule has 6 heteroatoms. The third-order valence-electron chi connectivity index (χ3n) is 8.30. The molecule has 3 heterocycles. The molecule has 0 unspecified atom stereocenters. The molecule has 4 aromatic rings. The van der Waals surface area contributed by atoms with E-state index < -0.39 is 0 Å². The number of rotatable bonds is 4. The number of aryl methyl sites for hydroxylation is 1. The second-order valence-electron chi connectivity index (χ2n) is 10.3. The van der Waals surface area contributed by atoms with Crippen molar-refractivity contribution in [2.75, 3.05) is 31.1 Å². The number of fused-ring (bicyclic) bond motifs is 2. The Morgan fingerprint density at radius 1 is 1.03 bits per heavy atom. The lowest BCUT2D eigenvalue weighted by molar-refractivity contribution is 0.112. The smallest absolute Gasteiger partial charge is 0.150 e. The van der Waals surface area contributed by atoms with Crippen LogP contribution in [0.3, 0.4) is 0 Å². The monoisotopic (exact) mass is 477 g/mol. The number of aldehydes is 1. The van der Waals surface area contributed by atoms with Gasteiger partial charge in [0.2, 0.25) is 0 Å². The third-order valence-corrected chi connectivity index (χ3v) is 8.30. The highest BCUT2D eigenvalue weighted by Crippen LogP contribution is 2.39. The molecule has 0 N–H and O–H groups in total. The highest BCUT2D eigenvalue weighted by atomic mass is 16.1. The molecule has 6 nitrogen and oxygen atoms in total. The van der Waals surface area contributed by atoms with Crippen molar-refractivity contribution in [3.63, 3.8) is 0 Å². The third kappa shape index (κ3) is 4.04. The first-order valence-corrected chi connectivity index (χ1v) is 13.0. The van der Waals surface area contributed by atoms with Crippen LogP contribution in [0.25, 0.3) is 21.8 Å². The number of carbonyl (C=O) groups is 1. The van der Waals surface area contributed by atoms with E-state index in [9.17, 15) is 10.1 Å².